The first-order valence-electron chi connectivity index (χ1n) is 6.83. The van der Waals surface area contributed by atoms with Gasteiger partial charge in [0.2, 0.25) is 5.76 Å². The Balaban J connectivity index is 1.53. The van der Waals surface area contributed by atoms with Crippen LogP contribution in [0.25, 0.3) is 11.5 Å². The molecule has 0 bridgehead atoms. The third kappa shape index (κ3) is 3.47. The smallest absolute Gasteiger partial charge is 0.435 e. The number of aromatic nitrogens is 3. The highest BCUT2D eigenvalue weighted by Crippen LogP contribution is 2.27. The maximum absolute atomic E-state index is 12.4. The average Bonchev–Trinajstić information content (AvgIpc) is 3.26. The van der Waals surface area contributed by atoms with Crippen molar-refractivity contribution >= 4 is 5.91 Å². The molecule has 0 aliphatic carbocycles. The second-order valence-electron chi connectivity index (χ2n) is 4.77. The van der Waals surface area contributed by atoms with Gasteiger partial charge < -0.3 is 14.3 Å². The summed E-state index contributed by atoms with van der Waals surface area (Å²) in [6.45, 7) is 0.172. The number of amides is 1. The molecular weight excluding hydrogens is 329 g/mol. The lowest BCUT2D eigenvalue weighted by Gasteiger charge is -2.04. The minimum atomic E-state index is -4.49. The van der Waals surface area contributed by atoms with Gasteiger partial charge in [-0.25, -0.2) is 0 Å². The monoisotopic (exact) mass is 340 g/mol. The van der Waals surface area contributed by atoms with Crippen molar-refractivity contribution in [2.45, 2.75) is 12.7 Å². The number of halogens is 3. The van der Waals surface area contributed by atoms with Crippen molar-refractivity contribution in [3.63, 3.8) is 0 Å². The van der Waals surface area contributed by atoms with Crippen LogP contribution in [0.15, 0.2) is 45.7 Å². The van der Waals surface area contributed by atoms with E-state index in [2.05, 4.69) is 15.6 Å². The third-order valence-electron chi connectivity index (χ3n) is 3.06. The molecule has 126 valence electrons. The predicted molar refractivity (Wildman–Crippen MR) is 73.8 cm³/mol. The first-order chi connectivity index (χ1) is 11.4. The molecule has 3 rings (SSSR count). The van der Waals surface area contributed by atoms with Crippen LogP contribution in [0.1, 0.15) is 16.2 Å². The Labute approximate surface area is 133 Å². The van der Waals surface area contributed by atoms with Gasteiger partial charge in [0.15, 0.2) is 17.1 Å². The number of nitrogens with zero attached hydrogens (tertiary/aromatic N) is 3. The Hall–Kier alpha value is -3.04. The van der Waals surface area contributed by atoms with Crippen molar-refractivity contribution in [2.24, 2.45) is 0 Å². The highest BCUT2D eigenvalue weighted by Gasteiger charge is 2.33. The molecule has 1 N–H and O–H groups in total. The molecular formula is C14H11F3N4O3. The van der Waals surface area contributed by atoms with Gasteiger partial charge >= 0.3 is 6.18 Å². The molecule has 3 aromatic rings. The molecule has 0 atom stereocenters. The summed E-state index contributed by atoms with van der Waals surface area (Å²) in [6, 6.07) is 5.59. The number of hydrogen-bond acceptors (Lipinski definition) is 5. The summed E-state index contributed by atoms with van der Waals surface area (Å²) in [6.07, 6.45) is -1.84. The Morgan fingerprint density at radius 1 is 1.29 bits per heavy atom. The van der Waals surface area contributed by atoms with E-state index >= 15 is 0 Å². The molecule has 7 nitrogen and oxygen atoms in total. The lowest BCUT2D eigenvalue weighted by Crippen LogP contribution is -2.27. The van der Waals surface area contributed by atoms with Gasteiger partial charge in [-0.15, -0.1) is 0 Å². The summed E-state index contributed by atoms with van der Waals surface area (Å²) in [5.41, 5.74) is -0.939. The predicted octanol–water partition coefficient (Wildman–Crippen LogP) is 2.58. The number of furan rings is 1. The zero-order valence-electron chi connectivity index (χ0n) is 12.1. The number of nitrogens with one attached hydrogen (secondary N) is 1. The van der Waals surface area contributed by atoms with Crippen LogP contribution >= 0.6 is 0 Å². The van der Waals surface area contributed by atoms with Crippen molar-refractivity contribution in [3.05, 3.63) is 48.1 Å². The van der Waals surface area contributed by atoms with Crippen LogP contribution in [0, 0.1) is 0 Å². The first-order valence-corrected chi connectivity index (χ1v) is 6.83. The van der Waals surface area contributed by atoms with Crippen LogP contribution in [-0.4, -0.2) is 27.4 Å². The van der Waals surface area contributed by atoms with Crippen LogP contribution in [0.2, 0.25) is 0 Å². The minimum absolute atomic E-state index is 0.0397. The van der Waals surface area contributed by atoms with Crippen molar-refractivity contribution < 1.29 is 26.9 Å². The molecule has 3 heterocycles. The molecule has 0 fully saturated rings. The second-order valence-corrected chi connectivity index (χ2v) is 4.77. The summed E-state index contributed by atoms with van der Waals surface area (Å²) in [4.78, 5) is 11.9. The van der Waals surface area contributed by atoms with Gasteiger partial charge in [-0.2, -0.15) is 18.3 Å². The summed E-state index contributed by atoms with van der Waals surface area (Å²) in [5.74, 6) is 0.213. The molecule has 24 heavy (non-hydrogen) atoms. The van der Waals surface area contributed by atoms with E-state index in [0.29, 0.717) is 11.5 Å². The number of hydrogen-bond donors (Lipinski definition) is 1. The van der Waals surface area contributed by atoms with E-state index in [1.165, 1.54) is 18.5 Å². The van der Waals surface area contributed by atoms with Crippen molar-refractivity contribution in [2.75, 3.05) is 6.54 Å². The highest BCUT2D eigenvalue weighted by molar-refractivity contribution is 5.92. The summed E-state index contributed by atoms with van der Waals surface area (Å²) >= 11 is 0. The summed E-state index contributed by atoms with van der Waals surface area (Å²) in [7, 11) is 0. The molecule has 10 heteroatoms. The summed E-state index contributed by atoms with van der Waals surface area (Å²) in [5, 5.41) is 9.52. The zero-order chi connectivity index (χ0) is 17.2. The van der Waals surface area contributed by atoms with Gasteiger partial charge in [0.1, 0.15) is 0 Å². The van der Waals surface area contributed by atoms with E-state index in [9.17, 15) is 18.0 Å². The van der Waals surface area contributed by atoms with E-state index < -0.39 is 17.8 Å². The molecule has 0 unspecified atom stereocenters. The van der Waals surface area contributed by atoms with Crippen LogP contribution in [0.3, 0.4) is 0 Å². The van der Waals surface area contributed by atoms with Gasteiger partial charge in [-0.3, -0.25) is 9.48 Å². The maximum atomic E-state index is 12.4. The third-order valence-corrected chi connectivity index (χ3v) is 3.06. The minimum Gasteiger partial charge on any atom is -0.461 e. The average molecular weight is 340 g/mol. The largest absolute Gasteiger partial charge is 0.461 e. The van der Waals surface area contributed by atoms with E-state index in [1.54, 1.807) is 12.1 Å². The first kappa shape index (κ1) is 15.8. The Bertz CT molecular complexity index is 821. The molecule has 0 saturated carbocycles. The summed E-state index contributed by atoms with van der Waals surface area (Å²) < 4.78 is 48.5. The molecule has 0 radical (unpaired) electrons. The molecule has 0 saturated heterocycles. The van der Waals surface area contributed by atoms with Gasteiger partial charge in [-0.1, -0.05) is 5.16 Å². The fourth-order valence-electron chi connectivity index (χ4n) is 1.93. The molecule has 3 aromatic heterocycles. The van der Waals surface area contributed by atoms with Gasteiger partial charge in [-0.05, 0) is 18.2 Å². The number of rotatable bonds is 5. The van der Waals surface area contributed by atoms with E-state index in [1.807, 2.05) is 0 Å². The van der Waals surface area contributed by atoms with E-state index in [-0.39, 0.29) is 18.8 Å². The Kier molecular flexibility index (Phi) is 4.11. The van der Waals surface area contributed by atoms with E-state index in [4.69, 9.17) is 8.94 Å². The fourth-order valence-corrected chi connectivity index (χ4v) is 1.93. The SMILES string of the molecule is O=C(NCCn1ccc(C(F)(F)F)n1)c1cc(-c2ccco2)on1. The van der Waals surface area contributed by atoms with Crippen LogP contribution in [-0.2, 0) is 12.7 Å². The highest BCUT2D eigenvalue weighted by atomic mass is 19.4. The van der Waals surface area contributed by atoms with Crippen molar-refractivity contribution in [1.82, 2.24) is 20.3 Å². The normalized spacial score (nSPS) is 11.6. The molecule has 1 amide bonds. The standard InChI is InChI=1S/C14H11F3N4O3/c15-14(16,17)12-3-5-21(19-12)6-4-18-13(22)9-8-11(24-20-9)10-2-1-7-23-10/h1-3,5,7-8H,4,6H2,(H,18,22). The van der Waals surface area contributed by atoms with Crippen LogP contribution < -0.4 is 5.32 Å². The maximum Gasteiger partial charge on any atom is 0.435 e. The zero-order valence-corrected chi connectivity index (χ0v) is 12.1. The fraction of sp³-hybridized carbons (Fsp3) is 0.214. The molecule has 0 spiro atoms. The van der Waals surface area contributed by atoms with E-state index in [0.717, 1.165) is 10.7 Å². The topological polar surface area (TPSA) is 86.1 Å². The van der Waals surface area contributed by atoms with Gasteiger partial charge in [0.05, 0.1) is 12.8 Å². The van der Waals surface area contributed by atoms with Gasteiger partial charge in [0.25, 0.3) is 5.91 Å². The molecule has 0 aliphatic rings. The van der Waals surface area contributed by atoms with Crippen molar-refractivity contribution in [1.29, 1.82) is 0 Å². The van der Waals surface area contributed by atoms with Gasteiger partial charge in [0, 0.05) is 18.8 Å². The molecule has 0 aliphatic heterocycles. The van der Waals surface area contributed by atoms with Crippen LogP contribution in [0.4, 0.5) is 13.2 Å². The van der Waals surface area contributed by atoms with Crippen molar-refractivity contribution in [3.8, 4) is 11.5 Å². The number of alkyl halides is 3. The quantitative estimate of drug-likeness (QED) is 0.771. The number of carbonyl (C=O) groups is 1. The number of carbonyl (C=O) groups excluding carboxylic acids is 1. The lowest BCUT2D eigenvalue weighted by molar-refractivity contribution is -0.141. The Morgan fingerprint density at radius 3 is 2.79 bits per heavy atom. The Morgan fingerprint density at radius 2 is 2.12 bits per heavy atom. The van der Waals surface area contributed by atoms with Crippen LogP contribution in [0.5, 0.6) is 0 Å². The lowest BCUT2D eigenvalue weighted by atomic mass is 10.3. The molecule has 0 aromatic carbocycles. The second kappa shape index (κ2) is 6.22.